The molecule has 12 rings (SSSR count). The number of piperazine rings is 2. The largest absolute Gasteiger partial charge is 0.462 e. The molecule has 41 heteroatoms. The number of piperidine rings is 1. The van der Waals surface area contributed by atoms with Crippen molar-refractivity contribution in [1.82, 2.24) is 54.7 Å². The summed E-state index contributed by atoms with van der Waals surface area (Å²) in [5.74, 6) is 3.67. The number of likely N-dealkylation sites (N-methyl/N-ethyl adjacent to an activating group) is 1. The highest BCUT2D eigenvalue weighted by atomic mass is 32.2. The van der Waals surface area contributed by atoms with Crippen molar-refractivity contribution in [2.75, 3.05) is 164 Å². The first-order valence-corrected chi connectivity index (χ1v) is 45.1. The van der Waals surface area contributed by atoms with Crippen LogP contribution in [0.15, 0.2) is 106 Å². The van der Waals surface area contributed by atoms with E-state index in [2.05, 4.69) is 88.4 Å². The van der Waals surface area contributed by atoms with Gasteiger partial charge in [-0.05, 0) is 120 Å². The molecule has 0 radical (unpaired) electrons. The number of carbonyl (C=O) groups excluding carboxylic acids is 4. The number of aliphatic hydroxyl groups excluding tert-OH is 1. The standard InChI is InChI=1S/C25H33N7O4S2.C25H32N6O5S2.C24H30N8O5S2/c1-5-31-11-13-32(14-12-31)21-15-20(26-16-18-7-9-19(10-8-18)38(4,34)35)28-24(29-21)30-25-27-17(3)22(37-25)23(33)36-6-2;1-4-36-23(33)22-16(2)27-25(37-22)30-24-28-20(12-21(29-24)31-11-5-6-18(14-31)15-32)26-13-17-7-9-19(10-8-17)38(3,34)35;1-4-37-21(33)20-15(2)27-24(38-20)30-23-28-18(26-14-16-5-7-17(8-6-16)39(3,35)36)13-19(29-23)31-9-11-32(12-10-31)22(25)34/h7-10,15H,5-6,11-14,16H2,1-4H3,(H2,26,27,28,29,30);7-10,12,18,32H,4-6,11,13-15H2,1-3H3,(H2,26,27,28,29,30);5-8,13H,4,9-12,14H2,1-3H3,(H2,25,34)(H2,26,27,28,29,30). The topological polar surface area (TPSA) is 449 Å². The lowest BCUT2D eigenvalue weighted by Crippen LogP contribution is -2.50. The number of esters is 3. The maximum atomic E-state index is 12.2. The van der Waals surface area contributed by atoms with Gasteiger partial charge in [0, 0.05) is 129 Å². The van der Waals surface area contributed by atoms with E-state index in [1.54, 1.807) is 125 Å². The summed E-state index contributed by atoms with van der Waals surface area (Å²) < 4.78 is 85.8. The zero-order chi connectivity index (χ0) is 82.7. The molecular weight excluding hydrogens is 1600 g/mol. The zero-order valence-electron chi connectivity index (χ0n) is 65.4. The van der Waals surface area contributed by atoms with E-state index in [0.29, 0.717) is 147 Å². The number of ether oxygens (including phenoxy) is 3. The van der Waals surface area contributed by atoms with Crippen molar-refractivity contribution in [3.05, 3.63) is 139 Å². The van der Waals surface area contributed by atoms with Crippen molar-refractivity contribution >= 4 is 156 Å². The van der Waals surface area contributed by atoms with Crippen LogP contribution in [-0.4, -0.2) is 226 Å². The fourth-order valence-corrected chi connectivity index (χ4v) is 16.5. The lowest BCUT2D eigenvalue weighted by molar-refractivity contribution is 0.0521. The van der Waals surface area contributed by atoms with E-state index in [0.717, 1.165) is 86.0 Å². The fraction of sp³-hybridized carbons (Fsp3) is 0.419. The Kier molecular flexibility index (Phi) is 29.9. The van der Waals surface area contributed by atoms with Gasteiger partial charge in [0.1, 0.15) is 49.5 Å². The molecule has 0 saturated carbocycles. The van der Waals surface area contributed by atoms with Gasteiger partial charge in [-0.1, -0.05) is 77.3 Å². The Hall–Kier alpha value is -10.6. The summed E-state index contributed by atoms with van der Waals surface area (Å²) >= 11 is 3.52. The van der Waals surface area contributed by atoms with Crippen LogP contribution in [0.25, 0.3) is 0 Å². The van der Waals surface area contributed by atoms with E-state index < -0.39 is 53.5 Å². The number of thiazole rings is 3. The summed E-state index contributed by atoms with van der Waals surface area (Å²) in [6.45, 7) is 23.0. The molecule has 3 saturated heterocycles. The molecular formula is C74H95N21O14S6. The Morgan fingerprint density at radius 1 is 0.461 bits per heavy atom. The molecule has 3 aliphatic heterocycles. The van der Waals surface area contributed by atoms with Crippen molar-refractivity contribution in [1.29, 1.82) is 0 Å². The number of nitrogens with one attached hydrogen (secondary N) is 6. The van der Waals surface area contributed by atoms with Crippen LogP contribution in [0, 0.1) is 26.7 Å². The van der Waals surface area contributed by atoms with Crippen LogP contribution in [-0.2, 0) is 63.4 Å². The molecule has 0 bridgehead atoms. The molecule has 9 aromatic rings. The van der Waals surface area contributed by atoms with Crippen molar-refractivity contribution in [3.63, 3.8) is 0 Å². The molecule has 3 aliphatic rings. The van der Waals surface area contributed by atoms with Crippen molar-refractivity contribution < 1.29 is 63.7 Å². The molecule has 1 unspecified atom stereocenters. The summed E-state index contributed by atoms with van der Waals surface area (Å²) in [6, 6.07) is 25.2. The summed E-state index contributed by atoms with van der Waals surface area (Å²) in [6.07, 6.45) is 5.45. The number of aliphatic hydroxyl groups is 1. The van der Waals surface area contributed by atoms with E-state index in [9.17, 15) is 49.5 Å². The second-order valence-corrected chi connectivity index (χ2v) is 35.9. The summed E-state index contributed by atoms with van der Waals surface area (Å²) in [4.78, 5) is 102. The van der Waals surface area contributed by atoms with Gasteiger partial charge in [-0.2, -0.15) is 29.9 Å². The molecule has 0 aliphatic carbocycles. The van der Waals surface area contributed by atoms with Crippen LogP contribution in [0.4, 0.5) is 72.9 Å². The van der Waals surface area contributed by atoms with E-state index >= 15 is 0 Å². The van der Waals surface area contributed by atoms with Crippen molar-refractivity contribution in [2.45, 2.75) is 95.6 Å². The lowest BCUT2D eigenvalue weighted by atomic mass is 9.99. The predicted octanol–water partition coefficient (Wildman–Crippen LogP) is 9.08. The van der Waals surface area contributed by atoms with Crippen LogP contribution in [0.2, 0.25) is 0 Å². The van der Waals surface area contributed by atoms with Gasteiger partial charge in [-0.25, -0.2) is 59.4 Å². The quantitative estimate of drug-likeness (QED) is 0.0160. The van der Waals surface area contributed by atoms with E-state index in [1.165, 1.54) is 41.4 Å². The number of rotatable bonds is 29. The molecule has 35 nitrogen and oxygen atoms in total. The Morgan fingerprint density at radius 2 is 0.783 bits per heavy atom. The molecule has 9 N–H and O–H groups in total. The number of sulfone groups is 3. The van der Waals surface area contributed by atoms with E-state index in [4.69, 9.17) is 29.9 Å². The molecule has 115 heavy (non-hydrogen) atoms. The number of urea groups is 1. The van der Waals surface area contributed by atoms with Gasteiger partial charge >= 0.3 is 23.9 Å². The van der Waals surface area contributed by atoms with E-state index in [-0.39, 0.29) is 46.4 Å². The second kappa shape index (κ2) is 39.7. The van der Waals surface area contributed by atoms with Crippen LogP contribution in [0.5, 0.6) is 0 Å². The summed E-state index contributed by atoms with van der Waals surface area (Å²) in [5, 5.41) is 30.3. The number of hydrogen-bond donors (Lipinski definition) is 8. The Balaban J connectivity index is 0.000000182. The highest BCUT2D eigenvalue weighted by molar-refractivity contribution is 7.91. The Bertz CT molecular complexity index is 5220. The molecule has 2 amide bonds. The summed E-state index contributed by atoms with van der Waals surface area (Å²) in [5.41, 5.74) is 9.76. The van der Waals surface area contributed by atoms with Gasteiger partial charge in [-0.15, -0.1) is 0 Å². The number of carbonyl (C=O) groups is 4. The van der Waals surface area contributed by atoms with Crippen LogP contribution < -0.4 is 52.3 Å². The fourth-order valence-electron chi connectivity index (χ4n) is 12.0. The number of nitrogens with zero attached hydrogens (tertiary/aromatic N) is 14. The minimum absolute atomic E-state index is 0.121. The number of anilines is 12. The minimum atomic E-state index is -3.28. The predicted molar refractivity (Wildman–Crippen MR) is 445 cm³/mol. The number of hydrogen-bond acceptors (Lipinski definition) is 36. The average molecular weight is 1700 g/mol. The first-order chi connectivity index (χ1) is 54.8. The normalized spacial score (nSPS) is 14.6. The SMILES string of the molecule is CCOC(=O)c1sc(Nc2nc(NCc3ccc(S(C)(=O)=O)cc3)cc(N3CCCC(CO)C3)n2)nc1C.CCOC(=O)c1sc(Nc2nc(NCc3ccc(S(C)(=O)=O)cc3)cc(N3CCN(C(N)=O)CC3)n2)nc1C.CCOC(=O)c1sc(Nc2nc(NCc3ccc(S(C)(=O)=O)cc3)cc(N3CCN(CC)CC3)n2)nc1C. The maximum Gasteiger partial charge on any atom is 0.350 e. The number of amides is 2. The monoisotopic (exact) mass is 1690 g/mol. The smallest absolute Gasteiger partial charge is 0.350 e. The molecule has 0 spiro atoms. The van der Waals surface area contributed by atoms with Crippen LogP contribution >= 0.6 is 34.0 Å². The second-order valence-electron chi connectivity index (χ2n) is 26.8. The highest BCUT2D eigenvalue weighted by Crippen LogP contribution is 2.33. The van der Waals surface area contributed by atoms with Gasteiger partial charge in [0.25, 0.3) is 0 Å². The van der Waals surface area contributed by atoms with Gasteiger partial charge < -0.3 is 65.5 Å². The molecule has 3 aromatic carbocycles. The van der Waals surface area contributed by atoms with Gasteiger partial charge in [0.2, 0.25) is 17.8 Å². The number of primary amides is 1. The number of nitrogens with two attached hydrogens (primary N) is 1. The minimum Gasteiger partial charge on any atom is -0.462 e. The molecule has 6 aromatic heterocycles. The first kappa shape index (κ1) is 86.8. The zero-order valence-corrected chi connectivity index (χ0v) is 70.3. The maximum absolute atomic E-state index is 12.2. The van der Waals surface area contributed by atoms with Gasteiger partial charge in [-0.3, -0.25) is 16.0 Å². The average Bonchev–Trinajstić information content (AvgIpc) is 1.78. The van der Waals surface area contributed by atoms with Gasteiger partial charge in [0.05, 0.1) is 51.6 Å². The molecule has 9 heterocycles. The summed E-state index contributed by atoms with van der Waals surface area (Å²) in [7, 11) is -9.79. The third-order valence-electron chi connectivity index (χ3n) is 18.2. The molecule has 616 valence electrons. The van der Waals surface area contributed by atoms with E-state index in [1.807, 2.05) is 17.0 Å². The third kappa shape index (κ3) is 24.7. The Labute approximate surface area is 680 Å². The van der Waals surface area contributed by atoms with Crippen molar-refractivity contribution in [3.8, 4) is 0 Å². The molecule has 3 fully saturated rings. The third-order valence-corrected chi connectivity index (χ3v) is 24.7. The number of benzene rings is 3. The Morgan fingerprint density at radius 3 is 1.08 bits per heavy atom. The van der Waals surface area contributed by atoms with Crippen molar-refractivity contribution in [2.24, 2.45) is 11.7 Å². The van der Waals surface area contributed by atoms with Crippen LogP contribution in [0.1, 0.15) is 103 Å². The lowest BCUT2D eigenvalue weighted by Gasteiger charge is -2.34. The number of aryl methyl sites for hydroxylation is 3. The van der Waals surface area contributed by atoms with Crippen LogP contribution in [0.3, 0.4) is 0 Å². The highest BCUT2D eigenvalue weighted by Gasteiger charge is 2.27. The van der Waals surface area contributed by atoms with Gasteiger partial charge in [0.15, 0.2) is 44.9 Å². The number of aromatic nitrogens is 9. The molecule has 1 atom stereocenters. The first-order valence-electron chi connectivity index (χ1n) is 37.0.